The van der Waals surface area contributed by atoms with Crippen LogP contribution in [0, 0.1) is 0 Å². The van der Waals surface area contributed by atoms with Crippen molar-refractivity contribution in [2.24, 2.45) is 0 Å². The van der Waals surface area contributed by atoms with Crippen molar-refractivity contribution in [1.29, 1.82) is 0 Å². The molecule has 0 saturated heterocycles. The minimum absolute atomic E-state index is 0.191. The van der Waals surface area contributed by atoms with Gasteiger partial charge in [0, 0.05) is 13.7 Å². The lowest BCUT2D eigenvalue weighted by Crippen LogP contribution is -2.47. The summed E-state index contributed by atoms with van der Waals surface area (Å²) in [5.41, 5.74) is 0.924. The smallest absolute Gasteiger partial charge is 0.270 e. The van der Waals surface area contributed by atoms with E-state index in [1.807, 2.05) is 19.9 Å². The number of anilines is 1. The molecule has 0 aromatic carbocycles. The van der Waals surface area contributed by atoms with E-state index in [1.165, 1.54) is 0 Å². The minimum atomic E-state index is -0.410. The van der Waals surface area contributed by atoms with Crippen LogP contribution in [0.5, 0.6) is 0 Å². The largest absolute Gasteiger partial charge is 0.384 e. The fourth-order valence-corrected chi connectivity index (χ4v) is 1.67. The van der Waals surface area contributed by atoms with E-state index in [0.717, 1.165) is 18.7 Å². The summed E-state index contributed by atoms with van der Waals surface area (Å²) in [7, 11) is 1.61. The predicted molar refractivity (Wildman–Crippen MR) is 76.4 cm³/mol. The number of aromatic nitrogens is 1. The highest BCUT2D eigenvalue weighted by atomic mass is 16.5. The second-order valence-electron chi connectivity index (χ2n) is 5.13. The summed E-state index contributed by atoms with van der Waals surface area (Å²) in [5.74, 6) is -0.191. The third-order valence-corrected chi connectivity index (χ3v) is 2.53. The third-order valence-electron chi connectivity index (χ3n) is 2.53. The molecule has 0 atom stereocenters. The van der Waals surface area contributed by atoms with Gasteiger partial charge in [-0.2, -0.15) is 0 Å². The number of carbonyl (C=O) groups is 1. The summed E-state index contributed by atoms with van der Waals surface area (Å²) >= 11 is 0. The van der Waals surface area contributed by atoms with Gasteiger partial charge in [0.05, 0.1) is 24.0 Å². The highest BCUT2D eigenvalue weighted by Gasteiger charge is 2.21. The molecule has 5 heteroatoms. The first-order valence-corrected chi connectivity index (χ1v) is 6.50. The van der Waals surface area contributed by atoms with Crippen molar-refractivity contribution in [3.8, 4) is 0 Å². The van der Waals surface area contributed by atoms with Crippen LogP contribution in [0.1, 0.15) is 37.7 Å². The lowest BCUT2D eigenvalue weighted by Gasteiger charge is -2.24. The lowest BCUT2D eigenvalue weighted by atomic mass is 10.1. The fraction of sp³-hybridized carbons (Fsp3) is 0.571. The van der Waals surface area contributed by atoms with Gasteiger partial charge < -0.3 is 15.4 Å². The first-order chi connectivity index (χ1) is 8.98. The van der Waals surface area contributed by atoms with Crippen LogP contribution in [-0.2, 0) is 4.74 Å². The maximum absolute atomic E-state index is 12.0. The van der Waals surface area contributed by atoms with Crippen molar-refractivity contribution < 1.29 is 9.53 Å². The summed E-state index contributed by atoms with van der Waals surface area (Å²) in [5, 5.41) is 6.10. The van der Waals surface area contributed by atoms with Crippen LogP contribution in [0.15, 0.2) is 18.3 Å². The lowest BCUT2D eigenvalue weighted by molar-refractivity contribution is 0.0815. The van der Waals surface area contributed by atoms with Gasteiger partial charge in [-0.3, -0.25) is 4.79 Å². The predicted octanol–water partition coefficient (Wildman–Crippen LogP) is 2.06. The molecule has 1 heterocycles. The van der Waals surface area contributed by atoms with Crippen molar-refractivity contribution in [2.45, 2.75) is 32.7 Å². The van der Waals surface area contributed by atoms with E-state index < -0.39 is 5.54 Å². The minimum Gasteiger partial charge on any atom is -0.384 e. The number of rotatable bonds is 7. The van der Waals surface area contributed by atoms with Gasteiger partial charge in [0.15, 0.2) is 0 Å². The van der Waals surface area contributed by atoms with Crippen molar-refractivity contribution in [3.05, 3.63) is 24.0 Å². The molecule has 19 heavy (non-hydrogen) atoms. The van der Waals surface area contributed by atoms with Gasteiger partial charge >= 0.3 is 0 Å². The van der Waals surface area contributed by atoms with Gasteiger partial charge in [0.1, 0.15) is 5.69 Å². The van der Waals surface area contributed by atoms with Gasteiger partial charge in [0.2, 0.25) is 0 Å². The first kappa shape index (κ1) is 15.4. The monoisotopic (exact) mass is 265 g/mol. The molecule has 0 aliphatic carbocycles. The summed E-state index contributed by atoms with van der Waals surface area (Å²) in [4.78, 5) is 16.2. The Balaban J connectivity index is 2.62. The molecule has 0 saturated carbocycles. The molecule has 1 aromatic heterocycles. The van der Waals surface area contributed by atoms with Crippen LogP contribution in [0.3, 0.4) is 0 Å². The first-order valence-electron chi connectivity index (χ1n) is 6.50. The standard InChI is InChI=1S/C14H23N3O2/c1-5-8-15-11-6-7-12(16-9-11)13(18)17-14(2,3)10-19-4/h6-7,9,15H,5,8,10H2,1-4H3,(H,17,18). The van der Waals surface area contributed by atoms with E-state index >= 15 is 0 Å². The molecule has 1 amide bonds. The average molecular weight is 265 g/mol. The van der Waals surface area contributed by atoms with E-state index in [0.29, 0.717) is 12.3 Å². The molecule has 0 spiro atoms. The Morgan fingerprint density at radius 2 is 2.16 bits per heavy atom. The number of methoxy groups -OCH3 is 1. The number of pyridine rings is 1. The molecule has 0 bridgehead atoms. The normalized spacial score (nSPS) is 11.2. The second kappa shape index (κ2) is 7.09. The molecule has 106 valence electrons. The van der Waals surface area contributed by atoms with Crippen LogP contribution in [-0.4, -0.2) is 36.7 Å². The second-order valence-corrected chi connectivity index (χ2v) is 5.13. The number of carbonyl (C=O) groups excluding carboxylic acids is 1. The Kier molecular flexibility index (Phi) is 5.76. The summed E-state index contributed by atoms with van der Waals surface area (Å²) in [6.45, 7) is 7.26. The maximum atomic E-state index is 12.0. The van der Waals surface area contributed by atoms with Crippen LogP contribution in [0.2, 0.25) is 0 Å². The van der Waals surface area contributed by atoms with Crippen molar-refractivity contribution >= 4 is 11.6 Å². The number of ether oxygens (including phenoxy) is 1. The van der Waals surface area contributed by atoms with Crippen LogP contribution in [0.25, 0.3) is 0 Å². The van der Waals surface area contributed by atoms with E-state index in [1.54, 1.807) is 19.4 Å². The molecular formula is C14H23N3O2. The van der Waals surface area contributed by atoms with Gasteiger partial charge in [-0.05, 0) is 32.4 Å². The van der Waals surface area contributed by atoms with Gasteiger partial charge in [-0.1, -0.05) is 6.92 Å². The molecule has 2 N–H and O–H groups in total. The zero-order valence-corrected chi connectivity index (χ0v) is 12.1. The fourth-order valence-electron chi connectivity index (χ4n) is 1.67. The van der Waals surface area contributed by atoms with Crippen LogP contribution < -0.4 is 10.6 Å². The van der Waals surface area contributed by atoms with E-state index in [9.17, 15) is 4.79 Å². The van der Waals surface area contributed by atoms with Crippen molar-refractivity contribution in [1.82, 2.24) is 10.3 Å². The number of hydrogen-bond donors (Lipinski definition) is 2. The third kappa shape index (κ3) is 5.26. The molecule has 1 aromatic rings. The Bertz CT molecular complexity index is 402. The van der Waals surface area contributed by atoms with E-state index in [4.69, 9.17) is 4.74 Å². The van der Waals surface area contributed by atoms with Gasteiger partial charge in [0.25, 0.3) is 5.91 Å². The zero-order chi connectivity index (χ0) is 14.3. The summed E-state index contributed by atoms with van der Waals surface area (Å²) < 4.78 is 5.06. The zero-order valence-electron chi connectivity index (χ0n) is 12.1. The Labute approximate surface area is 114 Å². The Morgan fingerprint density at radius 1 is 1.42 bits per heavy atom. The molecule has 0 fully saturated rings. The number of nitrogens with zero attached hydrogens (tertiary/aromatic N) is 1. The van der Waals surface area contributed by atoms with Crippen molar-refractivity contribution in [2.75, 3.05) is 25.6 Å². The molecular weight excluding hydrogens is 242 g/mol. The Hall–Kier alpha value is -1.62. The molecule has 1 rings (SSSR count). The number of amides is 1. The topological polar surface area (TPSA) is 63.2 Å². The number of hydrogen-bond acceptors (Lipinski definition) is 4. The summed E-state index contributed by atoms with van der Waals surface area (Å²) in [6, 6.07) is 3.58. The van der Waals surface area contributed by atoms with E-state index in [-0.39, 0.29) is 5.91 Å². The average Bonchev–Trinajstić information content (AvgIpc) is 2.36. The Morgan fingerprint density at radius 3 is 2.68 bits per heavy atom. The highest BCUT2D eigenvalue weighted by molar-refractivity contribution is 5.92. The summed E-state index contributed by atoms with van der Waals surface area (Å²) in [6.07, 6.45) is 2.72. The van der Waals surface area contributed by atoms with E-state index in [2.05, 4.69) is 22.5 Å². The number of nitrogens with one attached hydrogen (secondary N) is 2. The maximum Gasteiger partial charge on any atom is 0.270 e. The highest BCUT2D eigenvalue weighted by Crippen LogP contribution is 2.08. The SMILES string of the molecule is CCCNc1ccc(C(=O)NC(C)(C)COC)nc1. The molecule has 0 radical (unpaired) electrons. The van der Waals surface area contributed by atoms with Crippen molar-refractivity contribution in [3.63, 3.8) is 0 Å². The molecule has 0 aliphatic heterocycles. The van der Waals surface area contributed by atoms with Gasteiger partial charge in [-0.25, -0.2) is 4.98 Å². The van der Waals surface area contributed by atoms with Crippen LogP contribution >= 0.6 is 0 Å². The molecule has 0 aliphatic rings. The quantitative estimate of drug-likeness (QED) is 0.792. The molecule has 0 unspecified atom stereocenters. The van der Waals surface area contributed by atoms with Crippen LogP contribution in [0.4, 0.5) is 5.69 Å². The van der Waals surface area contributed by atoms with Gasteiger partial charge in [-0.15, -0.1) is 0 Å². The molecule has 5 nitrogen and oxygen atoms in total.